The molecule has 0 aliphatic carbocycles. The van der Waals surface area contributed by atoms with E-state index in [1.54, 1.807) is 23.2 Å². The second-order valence-corrected chi connectivity index (χ2v) is 7.24. The van der Waals surface area contributed by atoms with Crippen molar-refractivity contribution in [1.82, 2.24) is 29.4 Å². The predicted molar refractivity (Wildman–Crippen MR) is 99.6 cm³/mol. The Labute approximate surface area is 160 Å². The molecule has 3 aromatic heterocycles. The maximum atomic E-state index is 13.1. The summed E-state index contributed by atoms with van der Waals surface area (Å²) >= 11 is 0. The molecule has 9 heteroatoms. The van der Waals surface area contributed by atoms with E-state index in [-0.39, 0.29) is 30.6 Å². The van der Waals surface area contributed by atoms with Crippen LogP contribution in [0.25, 0.3) is 17.2 Å². The summed E-state index contributed by atoms with van der Waals surface area (Å²) in [6.45, 7) is 1.14. The molecule has 2 saturated heterocycles. The molecule has 0 unspecified atom stereocenters. The quantitative estimate of drug-likeness (QED) is 0.697. The minimum atomic E-state index is -0.156. The number of piperidine rings is 1. The van der Waals surface area contributed by atoms with Gasteiger partial charge in [-0.15, -0.1) is 10.2 Å². The average molecular weight is 380 g/mol. The molecule has 1 N–H and O–H groups in total. The number of hydrogen-bond donors (Lipinski definition) is 1. The van der Waals surface area contributed by atoms with E-state index in [0.29, 0.717) is 36.5 Å². The number of hydrogen-bond acceptors (Lipinski definition) is 5. The van der Waals surface area contributed by atoms with Crippen molar-refractivity contribution in [3.8, 4) is 11.5 Å². The highest BCUT2D eigenvalue weighted by molar-refractivity contribution is 5.94. The van der Waals surface area contributed by atoms with E-state index in [4.69, 9.17) is 4.74 Å². The summed E-state index contributed by atoms with van der Waals surface area (Å²) < 4.78 is 9.36. The Hall–Kier alpha value is -3.20. The summed E-state index contributed by atoms with van der Waals surface area (Å²) in [7, 11) is 1.94. The van der Waals surface area contributed by atoms with Gasteiger partial charge in [0, 0.05) is 32.5 Å². The number of morpholine rings is 1. The highest BCUT2D eigenvalue weighted by atomic mass is 16.5. The van der Waals surface area contributed by atoms with Crippen molar-refractivity contribution in [2.75, 3.05) is 19.7 Å². The van der Waals surface area contributed by atoms with Crippen LogP contribution in [0.3, 0.4) is 0 Å². The number of aromatic nitrogens is 4. The molecule has 2 amide bonds. The number of carbonyl (C=O) groups is 2. The number of likely N-dealkylation sites (tertiary alicyclic amines) is 1. The third-order valence-electron chi connectivity index (χ3n) is 5.43. The van der Waals surface area contributed by atoms with E-state index in [0.717, 1.165) is 5.69 Å². The number of amides is 2. The third-order valence-corrected chi connectivity index (χ3v) is 5.43. The fourth-order valence-corrected chi connectivity index (χ4v) is 3.95. The molecule has 5 rings (SSSR count). The van der Waals surface area contributed by atoms with Gasteiger partial charge in [0.2, 0.25) is 5.91 Å². The van der Waals surface area contributed by atoms with Crippen molar-refractivity contribution >= 4 is 17.5 Å². The SMILES string of the molecule is Cn1cccc1-c1nnc2ccc(C(=O)N3CC[C@H]4OCC(=O)N[C@H]4C3)cn12. The number of nitrogens with zero attached hydrogens (tertiary/aromatic N) is 5. The minimum Gasteiger partial charge on any atom is -0.366 e. The van der Waals surface area contributed by atoms with Gasteiger partial charge in [-0.1, -0.05) is 0 Å². The lowest BCUT2D eigenvalue weighted by molar-refractivity contribution is -0.139. The maximum Gasteiger partial charge on any atom is 0.255 e. The number of aryl methyl sites for hydroxylation is 1. The van der Waals surface area contributed by atoms with E-state index >= 15 is 0 Å². The van der Waals surface area contributed by atoms with Crippen LogP contribution >= 0.6 is 0 Å². The normalized spacial score (nSPS) is 22.2. The van der Waals surface area contributed by atoms with Gasteiger partial charge in [0.1, 0.15) is 6.61 Å². The topological polar surface area (TPSA) is 93.8 Å². The van der Waals surface area contributed by atoms with Crippen LogP contribution in [0.5, 0.6) is 0 Å². The Morgan fingerprint density at radius 3 is 3.00 bits per heavy atom. The molecule has 3 aromatic rings. The van der Waals surface area contributed by atoms with Crippen LogP contribution in [-0.4, -0.2) is 67.7 Å². The molecule has 0 aromatic carbocycles. The third kappa shape index (κ3) is 2.75. The largest absolute Gasteiger partial charge is 0.366 e. The molecule has 9 nitrogen and oxygen atoms in total. The molecule has 0 saturated carbocycles. The molecular formula is C19H20N6O3. The van der Waals surface area contributed by atoms with Gasteiger partial charge >= 0.3 is 0 Å². The summed E-state index contributed by atoms with van der Waals surface area (Å²) in [5, 5.41) is 11.4. The first-order chi connectivity index (χ1) is 13.6. The van der Waals surface area contributed by atoms with Crippen LogP contribution in [0.4, 0.5) is 0 Å². The Bertz CT molecular complexity index is 1070. The highest BCUT2D eigenvalue weighted by Gasteiger charge is 2.36. The Kier molecular flexibility index (Phi) is 3.90. The monoisotopic (exact) mass is 380 g/mol. The molecule has 2 aliphatic rings. The zero-order chi connectivity index (χ0) is 19.3. The Morgan fingerprint density at radius 2 is 2.18 bits per heavy atom. The minimum absolute atomic E-state index is 0.0222. The number of nitrogens with one attached hydrogen (secondary N) is 1. The van der Waals surface area contributed by atoms with E-state index in [1.165, 1.54) is 0 Å². The van der Waals surface area contributed by atoms with Gasteiger partial charge in [-0.3, -0.25) is 14.0 Å². The Balaban J connectivity index is 1.43. The summed E-state index contributed by atoms with van der Waals surface area (Å²) in [5.41, 5.74) is 2.16. The van der Waals surface area contributed by atoms with E-state index in [2.05, 4.69) is 15.5 Å². The van der Waals surface area contributed by atoms with Crippen molar-refractivity contribution in [1.29, 1.82) is 0 Å². The molecule has 0 bridgehead atoms. The van der Waals surface area contributed by atoms with Crippen LogP contribution in [0, 0.1) is 0 Å². The van der Waals surface area contributed by atoms with Crippen LogP contribution in [0.2, 0.25) is 0 Å². The first-order valence-electron chi connectivity index (χ1n) is 9.27. The van der Waals surface area contributed by atoms with Gasteiger partial charge in [0.25, 0.3) is 5.91 Å². The molecule has 2 aliphatic heterocycles. The van der Waals surface area contributed by atoms with Gasteiger partial charge in [-0.05, 0) is 30.7 Å². The molecule has 144 valence electrons. The number of pyridine rings is 1. The summed E-state index contributed by atoms with van der Waals surface area (Å²) in [6.07, 6.45) is 4.41. The number of rotatable bonds is 2. The zero-order valence-electron chi connectivity index (χ0n) is 15.4. The van der Waals surface area contributed by atoms with Gasteiger partial charge < -0.3 is 19.5 Å². The van der Waals surface area contributed by atoms with Crippen LogP contribution in [0.15, 0.2) is 36.7 Å². The first-order valence-corrected chi connectivity index (χ1v) is 9.27. The van der Waals surface area contributed by atoms with E-state index < -0.39 is 0 Å². The van der Waals surface area contributed by atoms with Gasteiger partial charge in [-0.2, -0.15) is 0 Å². The van der Waals surface area contributed by atoms with Crippen molar-refractivity contribution < 1.29 is 14.3 Å². The van der Waals surface area contributed by atoms with Crippen LogP contribution < -0.4 is 5.32 Å². The van der Waals surface area contributed by atoms with Gasteiger partial charge in [0.05, 0.1) is 23.4 Å². The van der Waals surface area contributed by atoms with Crippen LogP contribution in [-0.2, 0) is 16.6 Å². The van der Waals surface area contributed by atoms with Crippen molar-refractivity contribution in [3.63, 3.8) is 0 Å². The molecule has 5 heterocycles. The molecule has 28 heavy (non-hydrogen) atoms. The highest BCUT2D eigenvalue weighted by Crippen LogP contribution is 2.22. The van der Waals surface area contributed by atoms with Crippen molar-refractivity contribution in [2.24, 2.45) is 7.05 Å². The standard InChI is InChI=1S/C19H20N6O3/c1-23-7-2-3-14(23)18-22-21-16-5-4-12(9-25(16)18)19(27)24-8-6-15-13(10-24)20-17(26)11-28-15/h2-5,7,9,13,15H,6,8,10-11H2,1H3,(H,20,26)/t13-,15+/m0/s1. The lowest BCUT2D eigenvalue weighted by Gasteiger charge is -2.41. The molecular weight excluding hydrogens is 360 g/mol. The second-order valence-electron chi connectivity index (χ2n) is 7.24. The van der Waals surface area contributed by atoms with Crippen LogP contribution in [0.1, 0.15) is 16.8 Å². The van der Waals surface area contributed by atoms with Crippen molar-refractivity contribution in [3.05, 3.63) is 42.2 Å². The molecule has 0 radical (unpaired) electrons. The molecule has 0 spiro atoms. The fraction of sp³-hybridized carbons (Fsp3) is 0.368. The predicted octanol–water partition coefficient (Wildman–Crippen LogP) is 0.464. The summed E-state index contributed by atoms with van der Waals surface area (Å²) in [5.74, 6) is 0.476. The second kappa shape index (κ2) is 6.45. The maximum absolute atomic E-state index is 13.1. The Morgan fingerprint density at radius 1 is 1.29 bits per heavy atom. The summed E-state index contributed by atoms with van der Waals surface area (Å²) in [4.78, 5) is 26.5. The lowest BCUT2D eigenvalue weighted by atomic mass is 10.00. The molecule has 2 fully saturated rings. The number of fused-ring (bicyclic) bond motifs is 2. The zero-order valence-corrected chi connectivity index (χ0v) is 15.4. The van der Waals surface area contributed by atoms with E-state index in [9.17, 15) is 9.59 Å². The lowest BCUT2D eigenvalue weighted by Crippen LogP contribution is -2.61. The van der Waals surface area contributed by atoms with Crippen molar-refractivity contribution in [2.45, 2.75) is 18.6 Å². The van der Waals surface area contributed by atoms with E-state index in [1.807, 2.05) is 34.3 Å². The van der Waals surface area contributed by atoms with Gasteiger partial charge in [-0.25, -0.2) is 0 Å². The van der Waals surface area contributed by atoms with Gasteiger partial charge in [0.15, 0.2) is 11.5 Å². The fourth-order valence-electron chi connectivity index (χ4n) is 3.95. The average Bonchev–Trinajstić information content (AvgIpc) is 3.31. The number of ether oxygens (including phenoxy) is 1. The first kappa shape index (κ1) is 16.9. The smallest absolute Gasteiger partial charge is 0.255 e. The number of carbonyl (C=O) groups excluding carboxylic acids is 2. The molecule has 2 atom stereocenters. The summed E-state index contributed by atoms with van der Waals surface area (Å²) in [6, 6.07) is 7.31.